The lowest BCUT2D eigenvalue weighted by atomic mass is 9.86. The van der Waals surface area contributed by atoms with E-state index in [1.54, 1.807) is 45.0 Å². The summed E-state index contributed by atoms with van der Waals surface area (Å²) >= 11 is 0. The van der Waals surface area contributed by atoms with E-state index in [4.69, 9.17) is 18.8 Å². The number of carbonyl (C=O) groups is 2. The van der Waals surface area contributed by atoms with Crippen molar-refractivity contribution < 1.29 is 33.5 Å². The van der Waals surface area contributed by atoms with E-state index in [0.717, 1.165) is 5.56 Å². The first kappa shape index (κ1) is 25.0. The second-order valence-electron chi connectivity index (χ2n) is 9.71. The minimum absolute atomic E-state index is 0.128. The molecule has 31 heavy (non-hydrogen) atoms. The van der Waals surface area contributed by atoms with Crippen molar-refractivity contribution in [1.82, 2.24) is 5.32 Å². The first-order valence-corrected chi connectivity index (χ1v) is 10.5. The lowest BCUT2D eigenvalue weighted by molar-refractivity contribution is -0.139. The minimum atomic E-state index is -1.13. The van der Waals surface area contributed by atoms with Crippen molar-refractivity contribution in [1.29, 1.82) is 0 Å². The van der Waals surface area contributed by atoms with Gasteiger partial charge < -0.3 is 29.2 Å². The maximum Gasteiger partial charge on any atom is 0.461 e. The number of alkyl carbamates (subject to hydrolysis) is 1. The summed E-state index contributed by atoms with van der Waals surface area (Å²) in [6.07, 6.45) is -0.0410. The average molecular weight is 435 g/mol. The Morgan fingerprint density at radius 1 is 1.10 bits per heavy atom. The lowest BCUT2D eigenvalue weighted by Crippen LogP contribution is -2.44. The molecule has 1 aromatic carbocycles. The molecular weight excluding hydrogens is 401 g/mol. The number of carboxylic acid groups (broad SMARTS) is 1. The first-order valence-electron chi connectivity index (χ1n) is 10.5. The van der Waals surface area contributed by atoms with E-state index >= 15 is 0 Å². The molecule has 8 nitrogen and oxygen atoms in total. The molecule has 1 aliphatic rings. The molecule has 0 aromatic heterocycles. The highest BCUT2D eigenvalue weighted by Crippen LogP contribution is 2.37. The van der Waals surface area contributed by atoms with Gasteiger partial charge in [0.1, 0.15) is 17.4 Å². The summed E-state index contributed by atoms with van der Waals surface area (Å²) in [7, 11) is -0.320. The van der Waals surface area contributed by atoms with Gasteiger partial charge in [-0.2, -0.15) is 0 Å². The maximum atomic E-state index is 11.9. The van der Waals surface area contributed by atoms with Crippen LogP contribution in [-0.2, 0) is 25.3 Å². The third kappa shape index (κ3) is 7.43. The Kier molecular flexibility index (Phi) is 7.65. The number of hydrogen-bond acceptors (Lipinski definition) is 6. The molecule has 1 saturated heterocycles. The quantitative estimate of drug-likeness (QED) is 0.601. The molecule has 0 saturated carbocycles. The van der Waals surface area contributed by atoms with Crippen LogP contribution in [0.4, 0.5) is 4.79 Å². The van der Waals surface area contributed by atoms with E-state index in [1.165, 1.54) is 0 Å². The minimum Gasteiger partial charge on any atom is -0.494 e. The Morgan fingerprint density at radius 3 is 2.13 bits per heavy atom. The SMILES string of the molecule is CC(C)(C)OC(=O)N[C@@H](Cc1ccc(OCCB2OC(C)(C)C(C)(C)O2)cc1)C(=O)O. The molecule has 9 heteroatoms. The van der Waals surface area contributed by atoms with E-state index in [-0.39, 0.29) is 24.7 Å². The number of carboxylic acids is 1. The summed E-state index contributed by atoms with van der Waals surface area (Å²) in [5.41, 5.74) is -0.686. The molecule has 1 aromatic rings. The molecule has 1 fully saturated rings. The van der Waals surface area contributed by atoms with Crippen molar-refractivity contribution in [3.63, 3.8) is 0 Å². The molecule has 0 bridgehead atoms. The number of nitrogens with one attached hydrogen (secondary N) is 1. The number of benzene rings is 1. The van der Waals surface area contributed by atoms with Gasteiger partial charge in [0.25, 0.3) is 0 Å². The van der Waals surface area contributed by atoms with Crippen LogP contribution in [0, 0.1) is 0 Å². The van der Waals surface area contributed by atoms with Crippen LogP contribution in [0.3, 0.4) is 0 Å². The Bertz CT molecular complexity index is 755. The lowest BCUT2D eigenvalue weighted by Gasteiger charge is -2.32. The zero-order chi connectivity index (χ0) is 23.4. The van der Waals surface area contributed by atoms with Crippen molar-refractivity contribution in [3.8, 4) is 5.75 Å². The number of amides is 1. The van der Waals surface area contributed by atoms with Crippen molar-refractivity contribution in [2.75, 3.05) is 6.61 Å². The van der Waals surface area contributed by atoms with Gasteiger partial charge in [0.2, 0.25) is 0 Å². The summed E-state index contributed by atoms with van der Waals surface area (Å²) in [6, 6.07) is 6.00. The van der Waals surface area contributed by atoms with E-state index in [2.05, 4.69) is 5.32 Å². The van der Waals surface area contributed by atoms with Crippen molar-refractivity contribution in [2.24, 2.45) is 0 Å². The topological polar surface area (TPSA) is 103 Å². The summed E-state index contributed by atoms with van der Waals surface area (Å²) in [5.74, 6) is -0.471. The molecular formula is C22H34BNO7. The summed E-state index contributed by atoms with van der Waals surface area (Å²) in [4.78, 5) is 23.4. The molecule has 1 aliphatic heterocycles. The molecule has 1 amide bonds. The van der Waals surface area contributed by atoms with Crippen LogP contribution in [0.5, 0.6) is 5.75 Å². The molecule has 0 unspecified atom stereocenters. The molecule has 2 rings (SSSR count). The van der Waals surface area contributed by atoms with Crippen molar-refractivity contribution in [3.05, 3.63) is 29.8 Å². The predicted molar refractivity (Wildman–Crippen MR) is 117 cm³/mol. The molecule has 2 N–H and O–H groups in total. The fourth-order valence-electron chi connectivity index (χ4n) is 2.96. The summed E-state index contributed by atoms with van der Waals surface area (Å²) < 4.78 is 22.8. The second-order valence-corrected chi connectivity index (χ2v) is 9.71. The van der Waals surface area contributed by atoms with E-state index in [0.29, 0.717) is 18.7 Å². The van der Waals surface area contributed by atoms with Gasteiger partial charge in [-0.05, 0) is 66.2 Å². The predicted octanol–water partition coefficient (Wildman–Crippen LogP) is 3.68. The van der Waals surface area contributed by atoms with Gasteiger partial charge in [0, 0.05) is 12.7 Å². The number of aliphatic carboxylic acids is 1. The number of ether oxygens (including phenoxy) is 2. The van der Waals surface area contributed by atoms with Gasteiger partial charge in [-0.3, -0.25) is 0 Å². The molecule has 0 aliphatic carbocycles. The van der Waals surface area contributed by atoms with Gasteiger partial charge in [0.05, 0.1) is 17.8 Å². The van der Waals surface area contributed by atoms with E-state index in [9.17, 15) is 14.7 Å². The normalized spacial score (nSPS) is 18.4. The molecule has 1 atom stereocenters. The van der Waals surface area contributed by atoms with Crippen LogP contribution in [0.15, 0.2) is 24.3 Å². The highest BCUT2D eigenvalue weighted by molar-refractivity contribution is 6.45. The smallest absolute Gasteiger partial charge is 0.461 e. The largest absolute Gasteiger partial charge is 0.494 e. The zero-order valence-corrected chi connectivity index (χ0v) is 19.5. The standard InChI is InChI=1S/C22H34BNO7/c1-20(2,3)29-19(27)24-17(18(25)26)14-15-8-10-16(11-9-15)28-13-12-23-30-21(4,5)22(6,7)31-23/h8-11,17H,12-14H2,1-7H3,(H,24,27)(H,25,26)/t17-/m0/s1. The van der Waals surface area contributed by atoms with Gasteiger partial charge in [-0.1, -0.05) is 12.1 Å². The molecule has 172 valence electrons. The Hall–Kier alpha value is -2.26. The average Bonchev–Trinajstić information content (AvgIpc) is 2.80. The Morgan fingerprint density at radius 2 is 1.65 bits per heavy atom. The van der Waals surface area contributed by atoms with Crippen LogP contribution >= 0.6 is 0 Å². The van der Waals surface area contributed by atoms with Crippen molar-refractivity contribution >= 4 is 19.2 Å². The fraction of sp³-hybridized carbons (Fsp3) is 0.636. The van der Waals surface area contributed by atoms with Crippen LogP contribution in [0.1, 0.15) is 54.0 Å². The third-order valence-electron chi connectivity index (χ3n) is 5.28. The Labute approximate surface area is 184 Å². The first-order chi connectivity index (χ1) is 14.2. The van der Waals surface area contributed by atoms with E-state index < -0.39 is 23.7 Å². The number of carbonyl (C=O) groups excluding carboxylic acids is 1. The third-order valence-corrected chi connectivity index (χ3v) is 5.28. The van der Waals surface area contributed by atoms with E-state index in [1.807, 2.05) is 27.7 Å². The number of hydrogen-bond donors (Lipinski definition) is 2. The molecule has 0 spiro atoms. The molecule has 0 radical (unpaired) electrons. The summed E-state index contributed by atoms with van der Waals surface area (Å²) in [6.45, 7) is 13.6. The van der Waals surface area contributed by atoms with Crippen LogP contribution in [-0.4, -0.2) is 53.7 Å². The number of rotatable bonds is 8. The molecule has 1 heterocycles. The summed E-state index contributed by atoms with van der Waals surface area (Å²) in [5, 5.41) is 11.8. The highest BCUT2D eigenvalue weighted by atomic mass is 16.7. The second kappa shape index (κ2) is 9.48. The highest BCUT2D eigenvalue weighted by Gasteiger charge is 2.50. The van der Waals surface area contributed by atoms with Crippen LogP contribution in [0.25, 0.3) is 0 Å². The van der Waals surface area contributed by atoms with Gasteiger partial charge >= 0.3 is 19.2 Å². The maximum absolute atomic E-state index is 11.9. The zero-order valence-electron chi connectivity index (χ0n) is 19.5. The Balaban J connectivity index is 1.84. The van der Waals surface area contributed by atoms with Gasteiger partial charge in [0.15, 0.2) is 0 Å². The van der Waals surface area contributed by atoms with Gasteiger partial charge in [-0.25, -0.2) is 9.59 Å². The van der Waals surface area contributed by atoms with Crippen LogP contribution < -0.4 is 10.1 Å². The van der Waals surface area contributed by atoms with Crippen molar-refractivity contribution in [2.45, 2.75) is 84.1 Å². The monoisotopic (exact) mass is 435 g/mol. The fourth-order valence-corrected chi connectivity index (χ4v) is 2.96. The van der Waals surface area contributed by atoms with Crippen LogP contribution in [0.2, 0.25) is 6.32 Å². The van der Waals surface area contributed by atoms with Gasteiger partial charge in [-0.15, -0.1) is 0 Å².